The molecule has 0 radical (unpaired) electrons. The SMILES string of the molecule is CCCCCCCCCCCCCCC=CCC1=NC(C(C)O)CN1.Cl. The van der Waals surface area contributed by atoms with E-state index < -0.39 is 0 Å². The van der Waals surface area contributed by atoms with Gasteiger partial charge in [-0.25, -0.2) is 0 Å². The van der Waals surface area contributed by atoms with Gasteiger partial charge in [-0.3, -0.25) is 4.99 Å². The van der Waals surface area contributed by atoms with Gasteiger partial charge in [-0.1, -0.05) is 89.7 Å². The van der Waals surface area contributed by atoms with Gasteiger partial charge in [0.15, 0.2) is 0 Å². The van der Waals surface area contributed by atoms with Crippen LogP contribution in [0.15, 0.2) is 17.1 Å². The van der Waals surface area contributed by atoms with Gasteiger partial charge in [0, 0.05) is 13.0 Å². The Balaban J connectivity index is 0.00000625. The fourth-order valence-corrected chi connectivity index (χ4v) is 3.33. The van der Waals surface area contributed by atoms with Gasteiger partial charge in [0.2, 0.25) is 0 Å². The second kappa shape index (κ2) is 17.9. The highest BCUT2D eigenvalue weighted by Gasteiger charge is 2.19. The standard InChI is InChI=1S/C22H42N2O.ClH/c1-3-4-5-6-7-8-9-10-11-12-13-14-15-16-17-18-22-23-19-21(24-22)20(2)25;/h16-17,20-21,25H,3-15,18-19H2,1-2H3,(H,23,24);1H. The average molecular weight is 387 g/mol. The molecular weight excluding hydrogens is 344 g/mol. The molecule has 1 rings (SSSR count). The third-order valence-electron chi connectivity index (χ3n) is 5.10. The van der Waals surface area contributed by atoms with Crippen molar-refractivity contribution in [3.05, 3.63) is 12.2 Å². The third-order valence-corrected chi connectivity index (χ3v) is 5.10. The highest BCUT2D eigenvalue weighted by Crippen LogP contribution is 2.12. The molecule has 0 aromatic carbocycles. The Labute approximate surface area is 168 Å². The van der Waals surface area contributed by atoms with E-state index in [9.17, 15) is 5.11 Å². The number of rotatable bonds is 16. The van der Waals surface area contributed by atoms with Crippen LogP contribution in [0, 0.1) is 0 Å². The quantitative estimate of drug-likeness (QED) is 0.245. The number of unbranched alkanes of at least 4 members (excludes halogenated alkanes) is 12. The maximum atomic E-state index is 9.51. The summed E-state index contributed by atoms with van der Waals surface area (Å²) in [5.74, 6) is 1.02. The Kier molecular flexibility index (Phi) is 17.5. The van der Waals surface area contributed by atoms with Gasteiger partial charge in [-0.2, -0.15) is 0 Å². The molecule has 0 bridgehead atoms. The first kappa shape index (κ1) is 25.5. The van der Waals surface area contributed by atoms with Crippen molar-refractivity contribution in [2.45, 2.75) is 116 Å². The van der Waals surface area contributed by atoms with Crippen molar-refractivity contribution in [3.63, 3.8) is 0 Å². The summed E-state index contributed by atoms with van der Waals surface area (Å²) in [7, 11) is 0. The first-order valence-electron chi connectivity index (χ1n) is 10.9. The Morgan fingerprint density at radius 3 is 2.00 bits per heavy atom. The van der Waals surface area contributed by atoms with Crippen LogP contribution in [0.5, 0.6) is 0 Å². The molecule has 1 aliphatic heterocycles. The highest BCUT2D eigenvalue weighted by atomic mass is 35.5. The lowest BCUT2D eigenvalue weighted by Gasteiger charge is -2.07. The van der Waals surface area contributed by atoms with Crippen LogP contribution < -0.4 is 5.32 Å². The molecule has 1 aliphatic rings. The fraction of sp³-hybridized carbons (Fsp3) is 0.864. The van der Waals surface area contributed by atoms with Gasteiger partial charge < -0.3 is 10.4 Å². The summed E-state index contributed by atoms with van der Waals surface area (Å²) in [6.07, 6.45) is 23.1. The van der Waals surface area contributed by atoms with Crippen molar-refractivity contribution in [3.8, 4) is 0 Å². The summed E-state index contributed by atoms with van der Waals surface area (Å²) in [6.45, 7) is 4.87. The summed E-state index contributed by atoms with van der Waals surface area (Å²) in [6, 6.07) is 0.0414. The van der Waals surface area contributed by atoms with Crippen molar-refractivity contribution in [1.29, 1.82) is 0 Å². The summed E-state index contributed by atoms with van der Waals surface area (Å²) < 4.78 is 0. The van der Waals surface area contributed by atoms with Crippen LogP contribution in [0.1, 0.15) is 104 Å². The zero-order valence-corrected chi connectivity index (χ0v) is 18.0. The van der Waals surface area contributed by atoms with Crippen LogP contribution in [-0.2, 0) is 0 Å². The number of halogens is 1. The predicted octanol–water partition coefficient (Wildman–Crippen LogP) is 6.20. The van der Waals surface area contributed by atoms with Crippen LogP contribution in [0.4, 0.5) is 0 Å². The normalized spacial score (nSPS) is 17.8. The molecular formula is C22H43ClN2O. The summed E-state index contributed by atoms with van der Waals surface area (Å²) in [5, 5.41) is 12.8. The van der Waals surface area contributed by atoms with Gasteiger partial charge in [-0.05, 0) is 19.8 Å². The monoisotopic (exact) mass is 386 g/mol. The zero-order valence-electron chi connectivity index (χ0n) is 17.2. The van der Waals surface area contributed by atoms with E-state index in [2.05, 4.69) is 29.4 Å². The van der Waals surface area contributed by atoms with Crippen molar-refractivity contribution in [2.75, 3.05) is 6.54 Å². The molecule has 0 saturated carbocycles. The van der Waals surface area contributed by atoms with E-state index in [1.54, 1.807) is 0 Å². The molecule has 154 valence electrons. The van der Waals surface area contributed by atoms with Crippen molar-refractivity contribution < 1.29 is 5.11 Å². The Morgan fingerprint density at radius 2 is 1.50 bits per heavy atom. The molecule has 0 amide bonds. The fourth-order valence-electron chi connectivity index (χ4n) is 3.33. The van der Waals surface area contributed by atoms with Crippen LogP contribution in [0.2, 0.25) is 0 Å². The second-order valence-electron chi connectivity index (χ2n) is 7.62. The van der Waals surface area contributed by atoms with E-state index in [1.165, 1.54) is 83.5 Å². The highest BCUT2D eigenvalue weighted by molar-refractivity contribution is 5.85. The summed E-state index contributed by atoms with van der Waals surface area (Å²) >= 11 is 0. The number of amidine groups is 1. The van der Waals surface area contributed by atoms with Crippen LogP contribution in [-0.4, -0.2) is 29.6 Å². The van der Waals surface area contributed by atoms with Crippen molar-refractivity contribution in [2.24, 2.45) is 4.99 Å². The van der Waals surface area contributed by atoms with Crippen molar-refractivity contribution >= 4 is 18.2 Å². The molecule has 26 heavy (non-hydrogen) atoms. The molecule has 3 nitrogen and oxygen atoms in total. The van der Waals surface area contributed by atoms with Gasteiger partial charge in [-0.15, -0.1) is 12.4 Å². The van der Waals surface area contributed by atoms with Gasteiger partial charge in [0.25, 0.3) is 0 Å². The number of aliphatic imine (C=N–C) groups is 1. The lowest BCUT2D eigenvalue weighted by Crippen LogP contribution is -2.27. The zero-order chi connectivity index (χ0) is 18.2. The molecule has 2 N–H and O–H groups in total. The van der Waals surface area contributed by atoms with Gasteiger partial charge in [0.05, 0.1) is 12.1 Å². The molecule has 2 unspecified atom stereocenters. The smallest absolute Gasteiger partial charge is 0.101 e. The van der Waals surface area contributed by atoms with E-state index in [4.69, 9.17) is 0 Å². The average Bonchev–Trinajstić information content (AvgIpc) is 3.07. The van der Waals surface area contributed by atoms with Crippen LogP contribution in [0.25, 0.3) is 0 Å². The molecule has 0 fully saturated rings. The molecule has 1 heterocycles. The summed E-state index contributed by atoms with van der Waals surface area (Å²) in [5.41, 5.74) is 0. The maximum absolute atomic E-state index is 9.51. The topological polar surface area (TPSA) is 44.6 Å². The number of allylic oxidation sites excluding steroid dienone is 1. The molecule has 0 aromatic rings. The number of hydrogen-bond donors (Lipinski definition) is 2. The molecule has 0 saturated heterocycles. The Morgan fingerprint density at radius 1 is 0.962 bits per heavy atom. The molecule has 4 heteroatoms. The lowest BCUT2D eigenvalue weighted by atomic mass is 10.0. The number of aliphatic hydroxyl groups is 1. The maximum Gasteiger partial charge on any atom is 0.101 e. The molecule has 0 aliphatic carbocycles. The van der Waals surface area contributed by atoms with Crippen LogP contribution >= 0.6 is 12.4 Å². The largest absolute Gasteiger partial charge is 0.391 e. The Hall–Kier alpha value is -0.540. The van der Waals surface area contributed by atoms with Gasteiger partial charge >= 0.3 is 0 Å². The third kappa shape index (κ3) is 13.6. The number of hydrogen-bond acceptors (Lipinski definition) is 3. The predicted molar refractivity (Wildman–Crippen MR) is 118 cm³/mol. The Bertz CT molecular complexity index is 369. The second-order valence-corrected chi connectivity index (χ2v) is 7.62. The minimum absolute atomic E-state index is 0. The van der Waals surface area contributed by atoms with E-state index in [0.717, 1.165) is 18.8 Å². The molecule has 0 spiro atoms. The molecule has 2 atom stereocenters. The molecule has 0 aromatic heterocycles. The minimum atomic E-state index is -0.352. The number of nitrogens with zero attached hydrogens (tertiary/aromatic N) is 1. The van der Waals surface area contributed by atoms with Crippen LogP contribution in [0.3, 0.4) is 0 Å². The van der Waals surface area contributed by atoms with E-state index in [-0.39, 0.29) is 24.6 Å². The first-order chi connectivity index (χ1) is 12.2. The number of aliphatic hydroxyl groups excluding tert-OH is 1. The number of nitrogens with one attached hydrogen (secondary N) is 1. The lowest BCUT2D eigenvalue weighted by molar-refractivity contribution is 0.169. The summed E-state index contributed by atoms with van der Waals surface area (Å²) in [4.78, 5) is 4.50. The van der Waals surface area contributed by atoms with Crippen molar-refractivity contribution in [1.82, 2.24) is 5.32 Å². The first-order valence-corrected chi connectivity index (χ1v) is 10.9. The van der Waals surface area contributed by atoms with Gasteiger partial charge in [0.1, 0.15) is 5.84 Å². The minimum Gasteiger partial charge on any atom is -0.391 e. The van der Waals surface area contributed by atoms with E-state index >= 15 is 0 Å². The van der Waals surface area contributed by atoms with E-state index in [0.29, 0.717) is 0 Å². The van der Waals surface area contributed by atoms with E-state index in [1.807, 2.05) is 6.92 Å².